The summed E-state index contributed by atoms with van der Waals surface area (Å²) < 4.78 is 28.3. The molecule has 5 nitrogen and oxygen atoms in total. The van der Waals surface area contributed by atoms with Crippen LogP contribution in [-0.2, 0) is 0 Å². The lowest BCUT2D eigenvalue weighted by atomic mass is 10.1. The molecular weight excluding hydrogens is 322 g/mol. The average Bonchev–Trinajstić information content (AvgIpc) is 2.53. The van der Waals surface area contributed by atoms with Gasteiger partial charge in [0.05, 0.1) is 11.1 Å². The number of carboxylic acid groups (broad SMARTS) is 1. The predicted molar refractivity (Wildman–Crippen MR) is 81.5 cm³/mol. The van der Waals surface area contributed by atoms with Gasteiger partial charge in [0, 0.05) is 0 Å². The van der Waals surface area contributed by atoms with Crippen LogP contribution in [0.5, 0.6) is 11.5 Å². The molecule has 0 aliphatic carbocycles. The highest BCUT2D eigenvalue weighted by Crippen LogP contribution is 2.21. The van der Waals surface area contributed by atoms with Crippen LogP contribution in [-0.4, -0.2) is 28.6 Å². The van der Waals surface area contributed by atoms with E-state index in [2.05, 4.69) is 4.74 Å². The van der Waals surface area contributed by atoms with Crippen molar-refractivity contribution in [3.05, 3.63) is 65.2 Å². The Labute approximate surface area is 135 Å². The number of phenolic OH excluding ortho intramolecular Hbond substituents is 1. The van der Waals surface area contributed by atoms with Crippen LogP contribution >= 0.6 is 0 Å². The normalized spacial score (nSPS) is 11.0. The molecule has 0 spiro atoms. The molecule has 0 aliphatic rings. The number of carboxylic acids is 1. The Balaban J connectivity index is 2.11. The van der Waals surface area contributed by atoms with E-state index in [0.29, 0.717) is 5.56 Å². The zero-order valence-corrected chi connectivity index (χ0v) is 12.1. The first-order valence-corrected chi connectivity index (χ1v) is 6.70. The maximum Gasteiger partial charge on any atom is 0.387 e. The van der Waals surface area contributed by atoms with Crippen LogP contribution in [0, 0.1) is 0 Å². The molecule has 0 atom stereocenters. The third-order valence-corrected chi connectivity index (χ3v) is 3.04. The molecule has 124 valence electrons. The number of ether oxygens (including phenoxy) is 1. The molecule has 0 aliphatic heterocycles. The fourth-order valence-electron chi connectivity index (χ4n) is 1.90. The van der Waals surface area contributed by atoms with Gasteiger partial charge in [-0.15, -0.1) is 0 Å². The van der Waals surface area contributed by atoms with Gasteiger partial charge in [0.25, 0.3) is 0 Å². The Morgan fingerprint density at radius 3 is 2.29 bits per heavy atom. The van der Waals surface area contributed by atoms with Crippen LogP contribution in [0.1, 0.15) is 26.3 Å². The van der Waals surface area contributed by atoms with Crippen LogP contribution in [0.3, 0.4) is 0 Å². The van der Waals surface area contributed by atoms with Gasteiger partial charge in [0.15, 0.2) is 5.78 Å². The SMILES string of the molecule is O=C(O)c1ccc(C(=O)C=Cc2ccc(OC(F)F)cc2)c(O)c1. The molecular formula is C17H12F2O5. The third kappa shape index (κ3) is 4.39. The highest BCUT2D eigenvalue weighted by Gasteiger charge is 2.12. The summed E-state index contributed by atoms with van der Waals surface area (Å²) in [6, 6.07) is 9.03. The zero-order chi connectivity index (χ0) is 17.7. The first kappa shape index (κ1) is 17.1. The lowest BCUT2D eigenvalue weighted by Gasteiger charge is -2.04. The fraction of sp³-hybridized carbons (Fsp3) is 0.0588. The minimum Gasteiger partial charge on any atom is -0.507 e. The predicted octanol–water partition coefficient (Wildman–Crippen LogP) is 3.59. The lowest BCUT2D eigenvalue weighted by Crippen LogP contribution is -2.01. The molecule has 24 heavy (non-hydrogen) atoms. The maximum atomic E-state index is 12.0. The Bertz CT molecular complexity index is 782. The van der Waals surface area contributed by atoms with Gasteiger partial charge in [0.1, 0.15) is 11.5 Å². The molecule has 2 N–H and O–H groups in total. The largest absolute Gasteiger partial charge is 0.507 e. The second-order valence-electron chi connectivity index (χ2n) is 4.68. The number of halogens is 2. The molecule has 0 heterocycles. The molecule has 0 fully saturated rings. The van der Waals surface area contributed by atoms with Crippen molar-refractivity contribution in [2.24, 2.45) is 0 Å². The molecule has 2 aromatic carbocycles. The first-order chi connectivity index (χ1) is 11.4. The second-order valence-corrected chi connectivity index (χ2v) is 4.68. The maximum absolute atomic E-state index is 12.0. The van der Waals surface area contributed by atoms with Crippen LogP contribution in [0.4, 0.5) is 8.78 Å². The lowest BCUT2D eigenvalue weighted by molar-refractivity contribution is -0.0498. The minimum absolute atomic E-state index is 0.00428. The van der Waals surface area contributed by atoms with Crippen molar-refractivity contribution in [3.63, 3.8) is 0 Å². The molecule has 0 amide bonds. The Morgan fingerprint density at radius 1 is 1.08 bits per heavy atom. The number of rotatable bonds is 6. The van der Waals surface area contributed by atoms with Crippen molar-refractivity contribution in [1.29, 1.82) is 0 Å². The van der Waals surface area contributed by atoms with Gasteiger partial charge >= 0.3 is 12.6 Å². The number of alkyl halides is 2. The second kappa shape index (κ2) is 7.36. The summed E-state index contributed by atoms with van der Waals surface area (Å²) in [7, 11) is 0. The highest BCUT2D eigenvalue weighted by atomic mass is 19.3. The van der Waals surface area contributed by atoms with Gasteiger partial charge in [0.2, 0.25) is 0 Å². The molecule has 2 rings (SSSR count). The number of carbonyl (C=O) groups is 2. The number of carbonyl (C=O) groups excluding carboxylic acids is 1. The van der Waals surface area contributed by atoms with E-state index in [9.17, 15) is 23.5 Å². The summed E-state index contributed by atoms with van der Waals surface area (Å²) in [6.45, 7) is -2.91. The molecule has 0 aromatic heterocycles. The molecule has 0 bridgehead atoms. The average molecular weight is 334 g/mol. The van der Waals surface area contributed by atoms with E-state index in [0.717, 1.165) is 6.07 Å². The van der Waals surface area contributed by atoms with Gasteiger partial charge in [-0.05, 0) is 42.0 Å². The quantitative estimate of drug-likeness (QED) is 0.623. The fourth-order valence-corrected chi connectivity index (χ4v) is 1.90. The number of ketones is 1. The summed E-state index contributed by atoms with van der Waals surface area (Å²) in [6.07, 6.45) is 2.61. The highest BCUT2D eigenvalue weighted by molar-refractivity contribution is 6.09. The molecule has 7 heteroatoms. The van der Waals surface area contributed by atoms with Crippen molar-refractivity contribution < 1.29 is 33.3 Å². The molecule has 0 radical (unpaired) electrons. The van der Waals surface area contributed by atoms with E-state index < -0.39 is 24.1 Å². The summed E-state index contributed by atoms with van der Waals surface area (Å²) in [5.74, 6) is -2.19. The van der Waals surface area contributed by atoms with E-state index in [-0.39, 0.29) is 16.9 Å². The smallest absolute Gasteiger partial charge is 0.387 e. The van der Waals surface area contributed by atoms with Gasteiger partial charge in [-0.3, -0.25) is 4.79 Å². The Kier molecular flexibility index (Phi) is 5.26. The summed E-state index contributed by atoms with van der Waals surface area (Å²) in [5.41, 5.74) is 0.378. The summed E-state index contributed by atoms with van der Waals surface area (Å²) in [5, 5.41) is 18.5. The molecule has 0 unspecified atom stereocenters. The standard InChI is InChI=1S/C17H12F2O5/c18-17(19)24-12-5-1-10(2-6-12)3-8-14(20)13-7-4-11(16(22)23)9-15(13)21/h1-9,17,21H,(H,22,23). The minimum atomic E-state index is -2.91. The number of aromatic carboxylic acids is 1. The van der Waals surface area contributed by atoms with Gasteiger partial charge in [-0.25, -0.2) is 4.79 Å². The van der Waals surface area contributed by atoms with Gasteiger partial charge in [-0.2, -0.15) is 8.78 Å². The van der Waals surface area contributed by atoms with E-state index >= 15 is 0 Å². The number of benzene rings is 2. The summed E-state index contributed by atoms with van der Waals surface area (Å²) in [4.78, 5) is 22.8. The van der Waals surface area contributed by atoms with Crippen molar-refractivity contribution in [3.8, 4) is 11.5 Å². The zero-order valence-electron chi connectivity index (χ0n) is 12.1. The van der Waals surface area contributed by atoms with E-state index in [1.165, 1.54) is 48.6 Å². The Hall–Kier alpha value is -3.22. The number of hydrogen-bond acceptors (Lipinski definition) is 4. The van der Waals surface area contributed by atoms with E-state index in [1.807, 2.05) is 0 Å². The number of allylic oxidation sites excluding steroid dienone is 1. The molecule has 2 aromatic rings. The van der Waals surface area contributed by atoms with Gasteiger partial charge in [-0.1, -0.05) is 18.2 Å². The third-order valence-electron chi connectivity index (χ3n) is 3.04. The van der Waals surface area contributed by atoms with Crippen LogP contribution in [0.2, 0.25) is 0 Å². The van der Waals surface area contributed by atoms with Crippen molar-refractivity contribution in [2.45, 2.75) is 6.61 Å². The summed E-state index contributed by atoms with van der Waals surface area (Å²) >= 11 is 0. The first-order valence-electron chi connectivity index (χ1n) is 6.70. The van der Waals surface area contributed by atoms with E-state index in [1.54, 1.807) is 0 Å². The number of aromatic hydroxyl groups is 1. The van der Waals surface area contributed by atoms with Crippen LogP contribution < -0.4 is 4.74 Å². The Morgan fingerprint density at radius 2 is 1.75 bits per heavy atom. The molecule has 0 saturated carbocycles. The van der Waals surface area contributed by atoms with Crippen LogP contribution in [0.25, 0.3) is 6.08 Å². The van der Waals surface area contributed by atoms with E-state index in [4.69, 9.17) is 5.11 Å². The van der Waals surface area contributed by atoms with Crippen molar-refractivity contribution >= 4 is 17.8 Å². The van der Waals surface area contributed by atoms with Crippen molar-refractivity contribution in [1.82, 2.24) is 0 Å². The van der Waals surface area contributed by atoms with Crippen molar-refractivity contribution in [2.75, 3.05) is 0 Å². The topological polar surface area (TPSA) is 83.8 Å². The number of hydrogen-bond donors (Lipinski definition) is 2. The molecule has 0 saturated heterocycles. The number of phenols is 1. The monoisotopic (exact) mass is 334 g/mol. The van der Waals surface area contributed by atoms with Crippen LogP contribution in [0.15, 0.2) is 48.5 Å². The van der Waals surface area contributed by atoms with Gasteiger partial charge < -0.3 is 14.9 Å².